The van der Waals surface area contributed by atoms with Crippen LogP contribution in [-0.4, -0.2) is 4.57 Å². The Labute approximate surface area is 112 Å². The lowest BCUT2D eigenvalue weighted by atomic mass is 10.2. The van der Waals surface area contributed by atoms with Crippen LogP contribution < -0.4 is 5.73 Å². The lowest BCUT2D eigenvalue weighted by molar-refractivity contribution is 0.663. The number of rotatable bonds is 4. The van der Waals surface area contributed by atoms with Gasteiger partial charge in [-0.3, -0.25) is 0 Å². The zero-order valence-electron chi connectivity index (χ0n) is 10.9. The van der Waals surface area contributed by atoms with E-state index in [0.29, 0.717) is 6.54 Å². The van der Waals surface area contributed by atoms with Gasteiger partial charge in [-0.15, -0.1) is 0 Å². The Bertz CT molecular complexity index is 662. The number of nitrogens with zero attached hydrogens (tertiary/aromatic N) is 1. The van der Waals surface area contributed by atoms with Crippen LogP contribution >= 0.6 is 0 Å². The molecule has 0 bridgehead atoms. The van der Waals surface area contributed by atoms with Gasteiger partial charge in [0.2, 0.25) is 0 Å². The highest BCUT2D eigenvalue weighted by Crippen LogP contribution is 2.20. The van der Waals surface area contributed by atoms with Crippen molar-refractivity contribution in [1.82, 2.24) is 4.57 Å². The van der Waals surface area contributed by atoms with E-state index in [0.717, 1.165) is 22.2 Å². The minimum atomic E-state index is -0.325. The molecule has 0 aliphatic heterocycles. The number of aromatic nitrogens is 1. The summed E-state index contributed by atoms with van der Waals surface area (Å²) in [6.45, 7) is 5.92. The summed E-state index contributed by atoms with van der Waals surface area (Å²) in [5, 5.41) is 1.09. The molecule has 0 radical (unpaired) electrons. The van der Waals surface area contributed by atoms with Crippen molar-refractivity contribution in [3.8, 4) is 0 Å². The van der Waals surface area contributed by atoms with Crippen LogP contribution in [0.1, 0.15) is 6.92 Å². The molecular formula is C16H17FN2. The topological polar surface area (TPSA) is 30.9 Å². The van der Waals surface area contributed by atoms with E-state index in [1.807, 2.05) is 43.5 Å². The van der Waals surface area contributed by atoms with Gasteiger partial charge < -0.3 is 10.3 Å². The summed E-state index contributed by atoms with van der Waals surface area (Å²) in [6, 6.07) is 7.79. The Morgan fingerprint density at radius 1 is 1.42 bits per heavy atom. The number of nitrogens with two attached hydrogens (primary N) is 1. The van der Waals surface area contributed by atoms with Gasteiger partial charge in [0, 0.05) is 29.3 Å². The maximum atomic E-state index is 13.2. The smallest absolute Gasteiger partial charge is 0.122 e. The molecule has 0 unspecified atom stereocenters. The molecule has 19 heavy (non-hydrogen) atoms. The van der Waals surface area contributed by atoms with E-state index in [9.17, 15) is 4.39 Å². The molecule has 0 saturated heterocycles. The second-order valence-corrected chi connectivity index (χ2v) is 4.36. The van der Waals surface area contributed by atoms with Crippen molar-refractivity contribution in [2.75, 3.05) is 5.73 Å². The highest BCUT2D eigenvalue weighted by molar-refractivity contribution is 5.83. The Morgan fingerprint density at radius 3 is 2.89 bits per heavy atom. The first-order chi connectivity index (χ1) is 9.13. The van der Waals surface area contributed by atoms with Crippen LogP contribution in [0, 0.1) is 0 Å². The average molecular weight is 256 g/mol. The Kier molecular flexibility index (Phi) is 3.85. The zero-order chi connectivity index (χ0) is 13.8. The minimum Gasteiger partial charge on any atom is -0.399 e. The van der Waals surface area contributed by atoms with Crippen molar-refractivity contribution < 1.29 is 4.39 Å². The fraction of sp³-hybridized carbons (Fsp3) is 0.125. The molecule has 0 atom stereocenters. The summed E-state index contributed by atoms with van der Waals surface area (Å²) in [5.74, 6) is -0.325. The SMILES string of the molecule is C=C/C(F)=C\C(=C/C)Cn1ccc2cc(N)ccc21. The van der Waals surface area contributed by atoms with Crippen LogP contribution in [0.2, 0.25) is 0 Å². The Hall–Kier alpha value is -2.29. The normalized spacial score (nSPS) is 12.9. The molecule has 0 fully saturated rings. The van der Waals surface area contributed by atoms with Crippen molar-refractivity contribution in [2.45, 2.75) is 13.5 Å². The molecule has 98 valence electrons. The third-order valence-corrected chi connectivity index (χ3v) is 3.04. The molecule has 0 saturated carbocycles. The highest BCUT2D eigenvalue weighted by Gasteiger charge is 2.03. The van der Waals surface area contributed by atoms with Gasteiger partial charge >= 0.3 is 0 Å². The second kappa shape index (κ2) is 5.57. The van der Waals surface area contributed by atoms with Crippen LogP contribution in [0.5, 0.6) is 0 Å². The van der Waals surface area contributed by atoms with E-state index < -0.39 is 0 Å². The van der Waals surface area contributed by atoms with E-state index in [1.54, 1.807) is 0 Å². The summed E-state index contributed by atoms with van der Waals surface area (Å²) < 4.78 is 15.3. The third kappa shape index (κ3) is 2.94. The first-order valence-corrected chi connectivity index (χ1v) is 6.13. The third-order valence-electron chi connectivity index (χ3n) is 3.04. The highest BCUT2D eigenvalue weighted by atomic mass is 19.1. The number of anilines is 1. The van der Waals surface area contributed by atoms with Gasteiger partial charge in [0.15, 0.2) is 0 Å². The van der Waals surface area contributed by atoms with Gasteiger partial charge in [0.1, 0.15) is 5.83 Å². The monoisotopic (exact) mass is 256 g/mol. The van der Waals surface area contributed by atoms with Crippen LogP contribution in [0.25, 0.3) is 10.9 Å². The molecule has 0 aliphatic rings. The Morgan fingerprint density at radius 2 is 2.21 bits per heavy atom. The van der Waals surface area contributed by atoms with Gasteiger partial charge in [-0.1, -0.05) is 12.7 Å². The first-order valence-electron chi connectivity index (χ1n) is 6.13. The lowest BCUT2D eigenvalue weighted by Crippen LogP contribution is -1.98. The fourth-order valence-electron chi connectivity index (χ4n) is 2.01. The van der Waals surface area contributed by atoms with Crippen molar-refractivity contribution in [1.29, 1.82) is 0 Å². The number of halogens is 1. The van der Waals surface area contributed by atoms with Crippen molar-refractivity contribution in [3.63, 3.8) is 0 Å². The van der Waals surface area contributed by atoms with E-state index in [4.69, 9.17) is 5.73 Å². The van der Waals surface area contributed by atoms with Gasteiger partial charge in [0.25, 0.3) is 0 Å². The molecule has 0 spiro atoms. The molecule has 1 aromatic carbocycles. The average Bonchev–Trinajstić information content (AvgIpc) is 2.79. The summed E-state index contributed by atoms with van der Waals surface area (Å²) in [7, 11) is 0. The minimum absolute atomic E-state index is 0.325. The van der Waals surface area contributed by atoms with Gasteiger partial charge in [-0.25, -0.2) is 4.39 Å². The van der Waals surface area contributed by atoms with Crippen LogP contribution in [-0.2, 0) is 6.54 Å². The number of hydrogen-bond donors (Lipinski definition) is 1. The predicted octanol–water partition coefficient (Wildman–Crippen LogP) is 4.21. The summed E-state index contributed by atoms with van der Waals surface area (Å²) in [4.78, 5) is 0. The number of benzene rings is 1. The molecule has 1 aromatic heterocycles. The van der Waals surface area contributed by atoms with E-state index in [1.165, 1.54) is 12.2 Å². The molecule has 0 amide bonds. The molecule has 2 N–H and O–H groups in total. The van der Waals surface area contributed by atoms with E-state index >= 15 is 0 Å². The number of allylic oxidation sites excluding steroid dienone is 5. The van der Waals surface area contributed by atoms with Crippen molar-refractivity contribution in [3.05, 3.63) is 66.7 Å². The molecule has 3 heteroatoms. The zero-order valence-corrected chi connectivity index (χ0v) is 10.9. The lowest BCUT2D eigenvalue weighted by Gasteiger charge is -2.07. The first kappa shape index (κ1) is 13.1. The molecule has 0 aliphatic carbocycles. The number of fused-ring (bicyclic) bond motifs is 1. The maximum absolute atomic E-state index is 13.2. The predicted molar refractivity (Wildman–Crippen MR) is 79.5 cm³/mol. The van der Waals surface area contributed by atoms with Gasteiger partial charge in [-0.2, -0.15) is 0 Å². The number of nitrogen functional groups attached to an aromatic ring is 1. The standard InChI is InChI=1S/C16H17FN2/c1-3-12(9-14(17)4-2)11-19-8-7-13-10-15(18)5-6-16(13)19/h3-10H,2,11,18H2,1H3/b12-3+,14-9+. The summed E-state index contributed by atoms with van der Waals surface area (Å²) in [5.41, 5.74) is 8.48. The summed E-state index contributed by atoms with van der Waals surface area (Å²) >= 11 is 0. The van der Waals surface area contributed by atoms with Crippen LogP contribution in [0.15, 0.2) is 66.7 Å². The molecule has 2 aromatic rings. The molecule has 2 rings (SSSR count). The fourth-order valence-corrected chi connectivity index (χ4v) is 2.01. The maximum Gasteiger partial charge on any atom is 0.122 e. The van der Waals surface area contributed by atoms with Crippen molar-refractivity contribution in [2.24, 2.45) is 0 Å². The summed E-state index contributed by atoms with van der Waals surface area (Å²) in [6.07, 6.45) is 6.58. The molecule has 1 heterocycles. The molecular weight excluding hydrogens is 239 g/mol. The van der Waals surface area contributed by atoms with Gasteiger partial charge in [0.05, 0.1) is 0 Å². The van der Waals surface area contributed by atoms with Crippen molar-refractivity contribution >= 4 is 16.6 Å². The number of hydrogen-bond acceptors (Lipinski definition) is 1. The van der Waals surface area contributed by atoms with E-state index in [2.05, 4.69) is 11.1 Å². The Balaban J connectivity index is 2.33. The van der Waals surface area contributed by atoms with Crippen LogP contribution in [0.3, 0.4) is 0 Å². The quantitative estimate of drug-likeness (QED) is 0.644. The van der Waals surface area contributed by atoms with Gasteiger partial charge in [-0.05, 0) is 48.9 Å². The van der Waals surface area contributed by atoms with E-state index in [-0.39, 0.29) is 5.83 Å². The van der Waals surface area contributed by atoms with Crippen LogP contribution in [0.4, 0.5) is 10.1 Å². The second-order valence-electron chi connectivity index (χ2n) is 4.36. The molecule has 2 nitrogen and oxygen atoms in total. The largest absolute Gasteiger partial charge is 0.399 e.